The van der Waals surface area contributed by atoms with Crippen molar-refractivity contribution in [2.75, 3.05) is 11.9 Å². The summed E-state index contributed by atoms with van der Waals surface area (Å²) in [7, 11) is 0. The zero-order chi connectivity index (χ0) is 12.8. The molecule has 2 aromatic rings. The molecule has 0 aromatic carbocycles. The van der Waals surface area contributed by atoms with Gasteiger partial charge in [-0.1, -0.05) is 0 Å². The first-order valence-electron chi connectivity index (χ1n) is 5.65. The van der Waals surface area contributed by atoms with Crippen molar-refractivity contribution in [2.24, 2.45) is 0 Å². The van der Waals surface area contributed by atoms with Gasteiger partial charge < -0.3 is 10.4 Å². The van der Waals surface area contributed by atoms with Gasteiger partial charge in [0, 0.05) is 18.3 Å². The predicted molar refractivity (Wildman–Crippen MR) is 74.6 cm³/mol. The van der Waals surface area contributed by atoms with Crippen LogP contribution < -0.4 is 5.32 Å². The number of nitrogens with one attached hydrogen (secondary N) is 1. The van der Waals surface area contributed by atoms with E-state index in [-0.39, 0.29) is 6.42 Å². The molecular weight excluding hydrogens is 268 g/mol. The van der Waals surface area contributed by atoms with Crippen LogP contribution in [0.5, 0.6) is 0 Å². The van der Waals surface area contributed by atoms with Crippen LogP contribution in [-0.2, 0) is 17.6 Å². The van der Waals surface area contributed by atoms with E-state index in [1.807, 2.05) is 5.38 Å². The van der Waals surface area contributed by atoms with Crippen LogP contribution in [0, 0.1) is 0 Å². The lowest BCUT2D eigenvalue weighted by Crippen LogP contribution is -2.04. The Kier molecular flexibility index (Phi) is 4.72. The Labute approximate surface area is 113 Å². The molecule has 2 rings (SSSR count). The van der Waals surface area contributed by atoms with Gasteiger partial charge in [0.15, 0.2) is 5.13 Å². The fraction of sp³-hybridized carbons (Fsp3) is 0.333. The van der Waals surface area contributed by atoms with Crippen molar-refractivity contribution < 1.29 is 9.90 Å². The van der Waals surface area contributed by atoms with E-state index in [4.69, 9.17) is 5.11 Å². The zero-order valence-corrected chi connectivity index (χ0v) is 11.4. The van der Waals surface area contributed by atoms with Gasteiger partial charge in [-0.2, -0.15) is 11.3 Å². The lowest BCUT2D eigenvalue weighted by Gasteiger charge is -2.00. The van der Waals surface area contributed by atoms with E-state index in [0.29, 0.717) is 6.42 Å². The molecule has 4 nitrogen and oxygen atoms in total. The Bertz CT molecular complexity index is 494. The number of carbonyl (C=O) groups is 1. The highest BCUT2D eigenvalue weighted by Crippen LogP contribution is 2.16. The van der Waals surface area contributed by atoms with Crippen molar-refractivity contribution in [3.05, 3.63) is 33.5 Å². The lowest BCUT2D eigenvalue weighted by atomic mass is 10.2. The number of aliphatic carboxylic acids is 1. The Morgan fingerprint density at radius 1 is 1.39 bits per heavy atom. The average Bonchev–Trinajstić information content (AvgIpc) is 2.97. The molecule has 2 aromatic heterocycles. The highest BCUT2D eigenvalue weighted by atomic mass is 32.1. The van der Waals surface area contributed by atoms with Crippen LogP contribution in [0.2, 0.25) is 0 Å². The van der Waals surface area contributed by atoms with Crippen LogP contribution in [0.15, 0.2) is 22.2 Å². The van der Waals surface area contributed by atoms with Gasteiger partial charge in [0.05, 0.1) is 12.1 Å². The molecule has 96 valence electrons. The highest BCUT2D eigenvalue weighted by molar-refractivity contribution is 7.13. The standard InChI is InChI=1S/C12H14N2O2S2/c15-11(16)2-1-10-8-18-12(14-10)13-5-3-9-4-6-17-7-9/h4,6-8H,1-3,5H2,(H,13,14)(H,15,16). The number of thiazole rings is 1. The number of anilines is 1. The maximum Gasteiger partial charge on any atom is 0.303 e. The van der Waals surface area contributed by atoms with Crippen molar-refractivity contribution in [3.8, 4) is 0 Å². The van der Waals surface area contributed by atoms with Crippen LogP contribution in [0.25, 0.3) is 0 Å². The van der Waals surface area contributed by atoms with E-state index in [9.17, 15) is 4.79 Å². The Hall–Kier alpha value is -1.40. The number of aromatic nitrogens is 1. The Morgan fingerprint density at radius 3 is 3.00 bits per heavy atom. The number of carboxylic acid groups (broad SMARTS) is 1. The molecule has 2 N–H and O–H groups in total. The number of thiophene rings is 1. The van der Waals surface area contributed by atoms with Gasteiger partial charge in [0.2, 0.25) is 0 Å². The first-order valence-corrected chi connectivity index (χ1v) is 7.47. The van der Waals surface area contributed by atoms with E-state index in [1.165, 1.54) is 16.9 Å². The fourth-order valence-electron chi connectivity index (χ4n) is 1.49. The van der Waals surface area contributed by atoms with E-state index >= 15 is 0 Å². The normalized spacial score (nSPS) is 10.4. The van der Waals surface area contributed by atoms with Gasteiger partial charge in [-0.15, -0.1) is 11.3 Å². The maximum absolute atomic E-state index is 10.4. The maximum atomic E-state index is 10.4. The van der Waals surface area contributed by atoms with Gasteiger partial charge in [-0.05, 0) is 28.8 Å². The van der Waals surface area contributed by atoms with Crippen LogP contribution >= 0.6 is 22.7 Å². The summed E-state index contributed by atoms with van der Waals surface area (Å²) in [6, 6.07) is 2.12. The van der Waals surface area contributed by atoms with E-state index in [2.05, 4.69) is 27.1 Å². The molecule has 0 aliphatic heterocycles. The third-order valence-electron chi connectivity index (χ3n) is 2.42. The summed E-state index contributed by atoms with van der Waals surface area (Å²) in [6.45, 7) is 0.850. The summed E-state index contributed by atoms with van der Waals surface area (Å²) in [6.07, 6.45) is 1.61. The Morgan fingerprint density at radius 2 is 2.28 bits per heavy atom. The number of carboxylic acids is 1. The molecule has 0 unspecified atom stereocenters. The fourth-order valence-corrected chi connectivity index (χ4v) is 2.96. The van der Waals surface area contributed by atoms with Crippen molar-refractivity contribution in [3.63, 3.8) is 0 Å². The van der Waals surface area contributed by atoms with E-state index in [1.54, 1.807) is 11.3 Å². The topological polar surface area (TPSA) is 62.2 Å². The number of aryl methyl sites for hydroxylation is 1. The average molecular weight is 282 g/mol. The van der Waals surface area contributed by atoms with Crippen molar-refractivity contribution >= 4 is 33.8 Å². The molecule has 0 saturated carbocycles. The molecule has 0 radical (unpaired) electrons. The SMILES string of the molecule is O=C(O)CCc1csc(NCCc2ccsc2)n1. The van der Waals surface area contributed by atoms with Gasteiger partial charge in [0.1, 0.15) is 0 Å². The second-order valence-corrected chi connectivity index (χ2v) is 5.48. The largest absolute Gasteiger partial charge is 0.481 e. The van der Waals surface area contributed by atoms with Crippen LogP contribution in [0.4, 0.5) is 5.13 Å². The molecule has 0 spiro atoms. The van der Waals surface area contributed by atoms with Gasteiger partial charge in [-0.3, -0.25) is 4.79 Å². The van der Waals surface area contributed by atoms with Gasteiger partial charge in [0.25, 0.3) is 0 Å². The summed E-state index contributed by atoms with van der Waals surface area (Å²) in [4.78, 5) is 14.8. The van der Waals surface area contributed by atoms with Crippen LogP contribution in [0.3, 0.4) is 0 Å². The quantitative estimate of drug-likeness (QED) is 0.819. The van der Waals surface area contributed by atoms with E-state index < -0.39 is 5.97 Å². The number of hydrogen-bond acceptors (Lipinski definition) is 5. The lowest BCUT2D eigenvalue weighted by molar-refractivity contribution is -0.136. The minimum absolute atomic E-state index is 0.137. The van der Waals surface area contributed by atoms with Crippen molar-refractivity contribution in [1.82, 2.24) is 4.98 Å². The highest BCUT2D eigenvalue weighted by Gasteiger charge is 2.04. The minimum Gasteiger partial charge on any atom is -0.481 e. The van der Waals surface area contributed by atoms with Crippen molar-refractivity contribution in [1.29, 1.82) is 0 Å². The number of rotatable bonds is 7. The second kappa shape index (κ2) is 6.51. The molecule has 0 saturated heterocycles. The molecule has 0 aliphatic carbocycles. The molecule has 0 bridgehead atoms. The number of hydrogen-bond donors (Lipinski definition) is 2. The van der Waals surface area contributed by atoms with Crippen molar-refractivity contribution in [2.45, 2.75) is 19.3 Å². The third-order valence-corrected chi connectivity index (χ3v) is 4.00. The summed E-state index contributed by atoms with van der Waals surface area (Å²) in [5, 5.41) is 18.8. The molecule has 0 aliphatic rings. The Balaban J connectivity index is 1.74. The monoisotopic (exact) mass is 282 g/mol. The molecule has 18 heavy (non-hydrogen) atoms. The van der Waals surface area contributed by atoms with Crippen LogP contribution in [-0.4, -0.2) is 22.6 Å². The molecule has 0 fully saturated rings. The zero-order valence-electron chi connectivity index (χ0n) is 9.76. The summed E-state index contributed by atoms with van der Waals surface area (Å²) in [5.41, 5.74) is 2.18. The summed E-state index contributed by atoms with van der Waals surface area (Å²) in [5.74, 6) is -0.782. The van der Waals surface area contributed by atoms with Gasteiger partial charge >= 0.3 is 5.97 Å². The second-order valence-electron chi connectivity index (χ2n) is 3.85. The molecule has 0 atom stereocenters. The number of nitrogens with zero attached hydrogens (tertiary/aromatic N) is 1. The summed E-state index contributed by atoms with van der Waals surface area (Å²) >= 11 is 3.23. The first-order chi connectivity index (χ1) is 8.74. The summed E-state index contributed by atoms with van der Waals surface area (Å²) < 4.78 is 0. The van der Waals surface area contributed by atoms with Gasteiger partial charge in [-0.25, -0.2) is 4.98 Å². The molecule has 2 heterocycles. The smallest absolute Gasteiger partial charge is 0.303 e. The first kappa shape index (κ1) is 13.0. The van der Waals surface area contributed by atoms with Crippen LogP contribution in [0.1, 0.15) is 17.7 Å². The third kappa shape index (κ3) is 4.12. The predicted octanol–water partition coefficient (Wildman–Crippen LogP) is 2.88. The minimum atomic E-state index is -0.782. The molecule has 6 heteroatoms. The van der Waals surface area contributed by atoms with E-state index in [0.717, 1.165) is 23.8 Å². The molecular formula is C12H14N2O2S2. The molecule has 0 amide bonds.